The summed E-state index contributed by atoms with van der Waals surface area (Å²) in [5, 5.41) is 3.22. The van der Waals surface area contributed by atoms with Gasteiger partial charge in [0.25, 0.3) is 0 Å². The van der Waals surface area contributed by atoms with E-state index in [4.69, 9.17) is 10.5 Å². The number of guanidine groups is 1. The molecule has 1 saturated carbocycles. The van der Waals surface area contributed by atoms with Gasteiger partial charge in [-0.25, -0.2) is 0 Å². The lowest BCUT2D eigenvalue weighted by atomic mass is 9.83. The summed E-state index contributed by atoms with van der Waals surface area (Å²) in [6.45, 7) is 2.46. The van der Waals surface area contributed by atoms with Crippen molar-refractivity contribution in [2.45, 2.75) is 38.5 Å². The van der Waals surface area contributed by atoms with E-state index in [0.29, 0.717) is 11.4 Å². The van der Waals surface area contributed by atoms with Crippen molar-refractivity contribution >= 4 is 29.9 Å². The summed E-state index contributed by atoms with van der Waals surface area (Å²) in [5.74, 6) is 0.569. The molecule has 0 unspecified atom stereocenters. The number of halogens is 1. The predicted molar refractivity (Wildman–Crippen MR) is 107 cm³/mol. The first kappa shape index (κ1) is 20.2. The van der Waals surface area contributed by atoms with E-state index in [1.807, 2.05) is 6.07 Å². The largest absolute Gasteiger partial charge is 0.385 e. The molecule has 2 rings (SSSR count). The monoisotopic (exact) mass is 431 g/mol. The zero-order valence-corrected chi connectivity index (χ0v) is 16.4. The molecule has 5 heteroatoms. The van der Waals surface area contributed by atoms with E-state index in [-0.39, 0.29) is 24.0 Å². The molecule has 1 aliphatic rings. The third-order valence-electron chi connectivity index (χ3n) is 4.65. The maximum absolute atomic E-state index is 6.01. The number of hydrogen-bond acceptors (Lipinski definition) is 2. The molecule has 23 heavy (non-hydrogen) atoms. The zero-order valence-electron chi connectivity index (χ0n) is 14.1. The molecule has 0 aliphatic heterocycles. The quantitative estimate of drug-likeness (QED) is 0.377. The minimum absolute atomic E-state index is 0. The summed E-state index contributed by atoms with van der Waals surface area (Å²) in [7, 11) is 1.77. The van der Waals surface area contributed by atoms with E-state index < -0.39 is 0 Å². The molecular formula is C18H30IN3O. The van der Waals surface area contributed by atoms with Gasteiger partial charge in [0.15, 0.2) is 5.96 Å². The minimum atomic E-state index is 0. The van der Waals surface area contributed by atoms with Crippen molar-refractivity contribution in [3.63, 3.8) is 0 Å². The fraction of sp³-hybridized carbons (Fsp3) is 0.611. The zero-order chi connectivity index (χ0) is 15.7. The predicted octanol–water partition coefficient (Wildman–Crippen LogP) is 3.35. The van der Waals surface area contributed by atoms with Gasteiger partial charge in [0.1, 0.15) is 0 Å². The van der Waals surface area contributed by atoms with E-state index in [1.54, 1.807) is 7.11 Å². The summed E-state index contributed by atoms with van der Waals surface area (Å²) in [5.41, 5.74) is 7.63. The first-order chi connectivity index (χ1) is 10.7. The van der Waals surface area contributed by atoms with Gasteiger partial charge in [0.2, 0.25) is 0 Å². The normalized spacial score (nSPS) is 16.8. The topological polar surface area (TPSA) is 59.6 Å². The van der Waals surface area contributed by atoms with E-state index in [9.17, 15) is 0 Å². The Hall–Kier alpha value is -0.820. The molecule has 0 amide bonds. The van der Waals surface area contributed by atoms with Gasteiger partial charge in [-0.1, -0.05) is 43.2 Å². The summed E-state index contributed by atoms with van der Waals surface area (Å²) < 4.78 is 5.25. The summed E-state index contributed by atoms with van der Waals surface area (Å²) >= 11 is 0. The summed E-state index contributed by atoms with van der Waals surface area (Å²) in [6.07, 6.45) is 7.16. The van der Waals surface area contributed by atoms with Gasteiger partial charge in [-0.05, 0) is 36.7 Å². The number of nitrogens with two attached hydrogens (primary N) is 1. The maximum Gasteiger partial charge on any atom is 0.188 e. The Balaban J connectivity index is 0.00000264. The summed E-state index contributed by atoms with van der Waals surface area (Å²) in [6, 6.07) is 10.4. The number of ether oxygens (including phenoxy) is 1. The van der Waals surface area contributed by atoms with E-state index in [2.05, 4.69) is 34.6 Å². The van der Waals surface area contributed by atoms with Crippen LogP contribution in [0.3, 0.4) is 0 Å². The Labute approximate surface area is 157 Å². The molecule has 0 radical (unpaired) electrons. The number of nitrogens with zero attached hydrogens (tertiary/aromatic N) is 1. The minimum Gasteiger partial charge on any atom is -0.385 e. The molecule has 0 heterocycles. The first-order valence-electron chi connectivity index (χ1n) is 8.31. The van der Waals surface area contributed by atoms with Crippen molar-refractivity contribution in [3.05, 3.63) is 35.9 Å². The van der Waals surface area contributed by atoms with Crippen molar-refractivity contribution in [2.75, 3.05) is 26.8 Å². The number of rotatable bonds is 8. The first-order valence-corrected chi connectivity index (χ1v) is 8.31. The van der Waals surface area contributed by atoms with Crippen LogP contribution < -0.4 is 11.1 Å². The van der Waals surface area contributed by atoms with Crippen LogP contribution in [0.1, 0.15) is 37.7 Å². The number of hydrogen-bond donors (Lipinski definition) is 2. The fourth-order valence-corrected chi connectivity index (χ4v) is 3.22. The van der Waals surface area contributed by atoms with Crippen LogP contribution in [0.2, 0.25) is 0 Å². The Bertz CT molecular complexity index is 459. The Morgan fingerprint density at radius 1 is 1.26 bits per heavy atom. The highest BCUT2D eigenvalue weighted by molar-refractivity contribution is 14.0. The maximum atomic E-state index is 6.01. The van der Waals surface area contributed by atoms with Gasteiger partial charge in [-0.15, -0.1) is 24.0 Å². The van der Waals surface area contributed by atoms with Gasteiger partial charge < -0.3 is 15.8 Å². The molecule has 0 bridgehead atoms. The van der Waals surface area contributed by atoms with Crippen LogP contribution in [0.25, 0.3) is 0 Å². The van der Waals surface area contributed by atoms with Crippen molar-refractivity contribution in [1.29, 1.82) is 0 Å². The fourth-order valence-electron chi connectivity index (χ4n) is 3.22. The van der Waals surface area contributed by atoms with Crippen LogP contribution >= 0.6 is 24.0 Å². The van der Waals surface area contributed by atoms with Crippen LogP contribution in [0.15, 0.2) is 35.3 Å². The van der Waals surface area contributed by atoms with Gasteiger partial charge in [0.05, 0.1) is 0 Å². The van der Waals surface area contributed by atoms with Gasteiger partial charge in [-0.2, -0.15) is 0 Å². The molecule has 130 valence electrons. The molecule has 1 fully saturated rings. The van der Waals surface area contributed by atoms with E-state index in [0.717, 1.165) is 32.5 Å². The van der Waals surface area contributed by atoms with Crippen molar-refractivity contribution in [3.8, 4) is 0 Å². The highest BCUT2D eigenvalue weighted by atomic mass is 127. The van der Waals surface area contributed by atoms with Crippen LogP contribution in [0.4, 0.5) is 0 Å². The molecule has 0 saturated heterocycles. The number of nitrogens with one attached hydrogen (secondary N) is 1. The average molecular weight is 431 g/mol. The standard InChI is InChI=1S/C18H29N3O.HI/c1-22-14-12-18(10-5-6-11-18)15-21-17(19)20-13-9-16-7-3-2-4-8-16;/h2-4,7-8H,5-6,9-15H2,1H3,(H3,19,20,21);1H. The SMILES string of the molecule is COCCC1(CN=C(N)NCCc2ccccc2)CCCC1.I. The molecule has 1 aromatic rings. The Kier molecular flexibility index (Phi) is 9.55. The smallest absolute Gasteiger partial charge is 0.188 e. The van der Waals surface area contributed by atoms with Crippen molar-refractivity contribution in [1.82, 2.24) is 5.32 Å². The highest BCUT2D eigenvalue weighted by Crippen LogP contribution is 2.41. The van der Waals surface area contributed by atoms with Crippen LogP contribution in [0, 0.1) is 5.41 Å². The second-order valence-electron chi connectivity index (χ2n) is 6.31. The number of benzene rings is 1. The molecule has 0 atom stereocenters. The average Bonchev–Trinajstić information content (AvgIpc) is 3.01. The molecule has 4 nitrogen and oxygen atoms in total. The van der Waals surface area contributed by atoms with Crippen LogP contribution in [-0.4, -0.2) is 32.8 Å². The third kappa shape index (κ3) is 7.08. The molecule has 1 aliphatic carbocycles. The number of aliphatic imine (C=N–C) groups is 1. The van der Waals surface area contributed by atoms with Crippen LogP contribution in [-0.2, 0) is 11.2 Å². The lowest BCUT2D eigenvalue weighted by Gasteiger charge is -2.26. The van der Waals surface area contributed by atoms with Crippen LogP contribution in [0.5, 0.6) is 0 Å². The third-order valence-corrected chi connectivity index (χ3v) is 4.65. The molecule has 0 aromatic heterocycles. The van der Waals surface area contributed by atoms with Gasteiger partial charge >= 0.3 is 0 Å². The van der Waals surface area contributed by atoms with Gasteiger partial charge in [0, 0.05) is 26.8 Å². The van der Waals surface area contributed by atoms with E-state index in [1.165, 1.54) is 31.2 Å². The second-order valence-corrected chi connectivity index (χ2v) is 6.31. The second kappa shape index (κ2) is 10.9. The Morgan fingerprint density at radius 3 is 2.61 bits per heavy atom. The molecule has 1 aromatic carbocycles. The summed E-state index contributed by atoms with van der Waals surface area (Å²) in [4.78, 5) is 4.59. The van der Waals surface area contributed by atoms with Gasteiger partial charge in [-0.3, -0.25) is 4.99 Å². The lowest BCUT2D eigenvalue weighted by molar-refractivity contribution is 0.141. The molecule has 0 spiro atoms. The number of methoxy groups -OCH3 is 1. The van der Waals surface area contributed by atoms with Crippen molar-refractivity contribution < 1.29 is 4.74 Å². The Morgan fingerprint density at radius 2 is 1.96 bits per heavy atom. The molecule has 3 N–H and O–H groups in total. The highest BCUT2D eigenvalue weighted by Gasteiger charge is 2.33. The lowest BCUT2D eigenvalue weighted by Crippen LogP contribution is -2.35. The van der Waals surface area contributed by atoms with Crippen molar-refractivity contribution in [2.24, 2.45) is 16.1 Å². The van der Waals surface area contributed by atoms with E-state index >= 15 is 0 Å². The molecular weight excluding hydrogens is 401 g/mol.